The van der Waals surface area contributed by atoms with E-state index in [1.165, 1.54) is 11.1 Å². The zero-order valence-electron chi connectivity index (χ0n) is 12.9. The van der Waals surface area contributed by atoms with Crippen molar-refractivity contribution >= 4 is 16.5 Å². The molecule has 3 nitrogen and oxygen atoms in total. The van der Waals surface area contributed by atoms with Gasteiger partial charge in [-0.1, -0.05) is 24.3 Å². The lowest BCUT2D eigenvalue weighted by Crippen LogP contribution is -2.57. The quantitative estimate of drug-likeness (QED) is 0.803. The molecule has 0 N–H and O–H groups in total. The average Bonchev–Trinajstić information content (AvgIpc) is 2.49. The first kappa shape index (κ1) is 13.9. The summed E-state index contributed by atoms with van der Waals surface area (Å²) in [5, 5.41) is 11.5. The van der Waals surface area contributed by atoms with Crippen LogP contribution < -0.4 is 4.90 Å². The fourth-order valence-corrected chi connectivity index (χ4v) is 3.10. The number of rotatable bonds is 1. The number of fused-ring (bicyclic) bond motifs is 1. The minimum absolute atomic E-state index is 0.160. The van der Waals surface area contributed by atoms with Gasteiger partial charge < -0.3 is 4.90 Å². The molecule has 2 aromatic rings. The van der Waals surface area contributed by atoms with Crippen molar-refractivity contribution in [3.8, 4) is 6.07 Å². The molecule has 0 radical (unpaired) electrons. The second-order valence-corrected chi connectivity index (χ2v) is 6.45. The van der Waals surface area contributed by atoms with E-state index >= 15 is 0 Å². The maximum atomic E-state index is 9.28. The molecule has 1 heterocycles. The van der Waals surface area contributed by atoms with Gasteiger partial charge in [0, 0.05) is 41.6 Å². The van der Waals surface area contributed by atoms with Gasteiger partial charge in [-0.2, -0.15) is 5.26 Å². The van der Waals surface area contributed by atoms with E-state index in [-0.39, 0.29) is 5.54 Å². The first-order chi connectivity index (χ1) is 10.0. The van der Waals surface area contributed by atoms with E-state index in [0.717, 1.165) is 30.6 Å². The number of nitrogens with zero attached hydrogens (tertiary/aromatic N) is 3. The Kier molecular flexibility index (Phi) is 3.35. The summed E-state index contributed by atoms with van der Waals surface area (Å²) >= 11 is 0. The predicted molar refractivity (Wildman–Crippen MR) is 87.6 cm³/mol. The lowest BCUT2D eigenvalue weighted by atomic mass is 9.97. The van der Waals surface area contributed by atoms with Crippen LogP contribution in [0, 0.1) is 11.3 Å². The van der Waals surface area contributed by atoms with Gasteiger partial charge in [0.05, 0.1) is 11.6 Å². The lowest BCUT2D eigenvalue weighted by Gasteiger charge is -2.46. The third kappa shape index (κ3) is 2.36. The van der Waals surface area contributed by atoms with Crippen molar-refractivity contribution in [2.24, 2.45) is 0 Å². The number of piperazine rings is 1. The molecule has 0 aliphatic carbocycles. The summed E-state index contributed by atoms with van der Waals surface area (Å²) in [5.41, 5.74) is 2.15. The maximum absolute atomic E-state index is 9.28. The number of likely N-dealkylation sites (N-methyl/N-ethyl adjacent to an activating group) is 1. The minimum Gasteiger partial charge on any atom is -0.368 e. The molecule has 0 bridgehead atoms. The summed E-state index contributed by atoms with van der Waals surface area (Å²) in [6.45, 7) is 7.65. The van der Waals surface area contributed by atoms with Crippen molar-refractivity contribution in [3.63, 3.8) is 0 Å². The predicted octanol–water partition coefficient (Wildman–Crippen LogP) is 3.24. The summed E-state index contributed by atoms with van der Waals surface area (Å²) in [6, 6.07) is 14.6. The van der Waals surface area contributed by atoms with Crippen LogP contribution in [0.2, 0.25) is 0 Å². The molecule has 1 aliphatic heterocycles. The minimum atomic E-state index is 0.160. The van der Waals surface area contributed by atoms with Crippen LogP contribution in [0.4, 0.5) is 5.69 Å². The first-order valence-corrected chi connectivity index (χ1v) is 7.41. The van der Waals surface area contributed by atoms with Crippen molar-refractivity contribution in [2.75, 3.05) is 31.6 Å². The van der Waals surface area contributed by atoms with E-state index in [1.807, 2.05) is 24.3 Å². The van der Waals surface area contributed by atoms with Gasteiger partial charge in [-0.15, -0.1) is 0 Å². The van der Waals surface area contributed by atoms with Crippen molar-refractivity contribution < 1.29 is 0 Å². The number of anilines is 1. The van der Waals surface area contributed by atoms with Crippen LogP contribution in [0.15, 0.2) is 36.4 Å². The highest BCUT2D eigenvalue weighted by Crippen LogP contribution is 2.32. The summed E-state index contributed by atoms with van der Waals surface area (Å²) in [7, 11) is 2.19. The molecule has 21 heavy (non-hydrogen) atoms. The fourth-order valence-electron chi connectivity index (χ4n) is 3.10. The van der Waals surface area contributed by atoms with Crippen LogP contribution in [0.5, 0.6) is 0 Å². The number of nitriles is 1. The average molecular weight is 279 g/mol. The van der Waals surface area contributed by atoms with Crippen LogP contribution in [-0.4, -0.2) is 37.1 Å². The highest BCUT2D eigenvalue weighted by Gasteiger charge is 2.31. The summed E-state index contributed by atoms with van der Waals surface area (Å²) in [5.74, 6) is 0. The van der Waals surface area contributed by atoms with Crippen LogP contribution in [0.25, 0.3) is 10.8 Å². The van der Waals surface area contributed by atoms with Gasteiger partial charge in [0.25, 0.3) is 0 Å². The van der Waals surface area contributed by atoms with Crippen molar-refractivity contribution in [2.45, 2.75) is 19.4 Å². The Labute approximate surface area is 126 Å². The largest absolute Gasteiger partial charge is 0.368 e. The van der Waals surface area contributed by atoms with Crippen LogP contribution in [0.1, 0.15) is 19.4 Å². The van der Waals surface area contributed by atoms with Gasteiger partial charge in [0.1, 0.15) is 0 Å². The third-order valence-electron chi connectivity index (χ3n) is 4.68. The monoisotopic (exact) mass is 279 g/mol. The number of hydrogen-bond donors (Lipinski definition) is 0. The van der Waals surface area contributed by atoms with E-state index < -0.39 is 0 Å². The molecular weight excluding hydrogens is 258 g/mol. The third-order valence-corrected chi connectivity index (χ3v) is 4.68. The van der Waals surface area contributed by atoms with Gasteiger partial charge in [0.2, 0.25) is 0 Å². The maximum Gasteiger partial charge on any atom is 0.0998 e. The normalized spacial score (nSPS) is 18.7. The molecule has 3 rings (SSSR count). The van der Waals surface area contributed by atoms with E-state index in [2.05, 4.69) is 48.9 Å². The summed E-state index contributed by atoms with van der Waals surface area (Å²) in [4.78, 5) is 4.86. The molecule has 0 atom stereocenters. The Hall–Kier alpha value is -2.05. The molecule has 0 aromatic heterocycles. The van der Waals surface area contributed by atoms with Crippen LogP contribution in [0.3, 0.4) is 0 Å². The van der Waals surface area contributed by atoms with E-state index in [1.54, 1.807) is 0 Å². The highest BCUT2D eigenvalue weighted by molar-refractivity contribution is 5.97. The molecule has 0 amide bonds. The Balaban J connectivity index is 2.08. The van der Waals surface area contributed by atoms with E-state index in [0.29, 0.717) is 0 Å². The van der Waals surface area contributed by atoms with Crippen LogP contribution >= 0.6 is 0 Å². The lowest BCUT2D eigenvalue weighted by molar-refractivity contribution is 0.139. The topological polar surface area (TPSA) is 30.3 Å². The molecule has 0 spiro atoms. The fraction of sp³-hybridized carbons (Fsp3) is 0.389. The Morgan fingerprint density at radius 1 is 1.05 bits per heavy atom. The smallest absolute Gasteiger partial charge is 0.0998 e. The molecule has 108 valence electrons. The molecule has 3 heteroatoms. The van der Waals surface area contributed by atoms with E-state index in [4.69, 9.17) is 0 Å². The molecule has 0 unspecified atom stereocenters. The van der Waals surface area contributed by atoms with Crippen molar-refractivity contribution in [1.82, 2.24) is 4.90 Å². The van der Waals surface area contributed by atoms with Crippen molar-refractivity contribution in [1.29, 1.82) is 5.26 Å². The van der Waals surface area contributed by atoms with Crippen LogP contribution in [-0.2, 0) is 0 Å². The summed E-state index contributed by atoms with van der Waals surface area (Å²) < 4.78 is 0. The Morgan fingerprint density at radius 3 is 2.43 bits per heavy atom. The molecule has 2 aromatic carbocycles. The Morgan fingerprint density at radius 2 is 1.76 bits per heavy atom. The number of benzene rings is 2. The van der Waals surface area contributed by atoms with Gasteiger partial charge >= 0.3 is 0 Å². The standard InChI is InChI=1S/C18H21N3/c1-18(2)13-21(11-10-20(18)3)17-9-8-14(12-19)15-6-4-5-7-16(15)17/h4-9H,10-11,13H2,1-3H3. The highest BCUT2D eigenvalue weighted by atomic mass is 15.3. The van der Waals surface area contributed by atoms with Crippen molar-refractivity contribution in [3.05, 3.63) is 42.0 Å². The molecule has 1 aliphatic rings. The molecule has 1 fully saturated rings. The van der Waals surface area contributed by atoms with Gasteiger partial charge in [-0.3, -0.25) is 4.90 Å². The zero-order chi connectivity index (χ0) is 15.0. The zero-order valence-corrected chi connectivity index (χ0v) is 12.9. The Bertz CT molecular complexity index is 712. The second-order valence-electron chi connectivity index (χ2n) is 6.45. The molecule has 0 saturated carbocycles. The summed E-state index contributed by atoms with van der Waals surface area (Å²) in [6.07, 6.45) is 0. The first-order valence-electron chi connectivity index (χ1n) is 7.41. The van der Waals surface area contributed by atoms with Gasteiger partial charge in [-0.05, 0) is 33.0 Å². The van der Waals surface area contributed by atoms with E-state index in [9.17, 15) is 5.26 Å². The SMILES string of the molecule is CN1CCN(c2ccc(C#N)c3ccccc23)CC1(C)C. The number of hydrogen-bond acceptors (Lipinski definition) is 3. The second kappa shape index (κ2) is 5.05. The molecular formula is C18H21N3. The van der Waals surface area contributed by atoms with Gasteiger partial charge in [-0.25, -0.2) is 0 Å². The van der Waals surface area contributed by atoms with Gasteiger partial charge in [0.15, 0.2) is 0 Å². The molecule has 1 saturated heterocycles.